The molecule has 0 N–H and O–H groups in total. The van der Waals surface area contributed by atoms with Gasteiger partial charge in [-0.15, -0.1) is 0 Å². The zero-order valence-electron chi connectivity index (χ0n) is 16.3. The molecule has 0 saturated carbocycles. The van der Waals surface area contributed by atoms with Crippen LogP contribution in [0.3, 0.4) is 0 Å². The monoisotopic (exact) mass is 421 g/mol. The average molecular weight is 421 g/mol. The van der Waals surface area contributed by atoms with Crippen molar-refractivity contribution >= 4 is 32.7 Å². The van der Waals surface area contributed by atoms with Crippen molar-refractivity contribution in [3.8, 4) is 0 Å². The van der Waals surface area contributed by atoms with Gasteiger partial charge in [-0.1, -0.05) is 32.0 Å². The Morgan fingerprint density at radius 2 is 2.00 bits per heavy atom. The summed E-state index contributed by atoms with van der Waals surface area (Å²) in [6.45, 7) is 3.61. The first kappa shape index (κ1) is 21.0. The maximum Gasteiger partial charge on any atom is 0.351 e. The fourth-order valence-electron chi connectivity index (χ4n) is 3.36. The van der Waals surface area contributed by atoms with E-state index in [4.69, 9.17) is 9.15 Å². The van der Waals surface area contributed by atoms with Crippen LogP contribution in [-0.2, 0) is 19.4 Å². The molecule has 1 fully saturated rings. The van der Waals surface area contributed by atoms with Gasteiger partial charge in [0.15, 0.2) is 16.4 Å². The molecule has 2 aromatic rings. The van der Waals surface area contributed by atoms with Gasteiger partial charge >= 0.3 is 11.6 Å². The maximum absolute atomic E-state index is 12.7. The molecule has 2 heterocycles. The minimum atomic E-state index is -3.17. The van der Waals surface area contributed by atoms with E-state index in [1.54, 1.807) is 24.3 Å². The van der Waals surface area contributed by atoms with Crippen LogP contribution in [0, 0.1) is 5.92 Å². The molecule has 0 aliphatic carbocycles. The molecule has 1 aromatic carbocycles. The van der Waals surface area contributed by atoms with Gasteiger partial charge in [0.25, 0.3) is 5.91 Å². The number of rotatable bonds is 6. The van der Waals surface area contributed by atoms with E-state index in [2.05, 4.69) is 0 Å². The molecule has 1 aromatic heterocycles. The number of nitrogens with zero attached hydrogens (tertiary/aromatic N) is 1. The molecule has 0 bridgehead atoms. The summed E-state index contributed by atoms with van der Waals surface area (Å²) in [5, 5.41) is 0.558. The normalized spacial score (nSPS) is 18.1. The van der Waals surface area contributed by atoms with Gasteiger partial charge < -0.3 is 14.1 Å². The number of amides is 1. The van der Waals surface area contributed by atoms with Gasteiger partial charge in [0, 0.05) is 18.0 Å². The third-order valence-corrected chi connectivity index (χ3v) is 6.47. The molecule has 8 nitrogen and oxygen atoms in total. The number of benzene rings is 1. The summed E-state index contributed by atoms with van der Waals surface area (Å²) in [6, 6.07) is 7.66. The van der Waals surface area contributed by atoms with Gasteiger partial charge in [0.05, 0.1) is 11.5 Å². The maximum atomic E-state index is 12.7. The molecule has 1 atom stereocenters. The molecule has 9 heteroatoms. The molecule has 0 unspecified atom stereocenters. The van der Waals surface area contributed by atoms with E-state index in [0.29, 0.717) is 23.9 Å². The second kappa shape index (κ2) is 8.36. The first-order chi connectivity index (χ1) is 13.7. The topological polar surface area (TPSA) is 111 Å². The third kappa shape index (κ3) is 5.03. The average Bonchev–Trinajstić information content (AvgIpc) is 3.02. The number of hydrogen-bond donors (Lipinski definition) is 0. The molecule has 0 spiro atoms. The highest BCUT2D eigenvalue weighted by Gasteiger charge is 2.35. The van der Waals surface area contributed by atoms with Gasteiger partial charge in [-0.05, 0) is 24.5 Å². The fourth-order valence-corrected chi connectivity index (χ4v) is 5.09. The Bertz CT molecular complexity index is 1090. The molecule has 1 amide bonds. The molecule has 29 heavy (non-hydrogen) atoms. The highest BCUT2D eigenvalue weighted by atomic mass is 32.2. The summed E-state index contributed by atoms with van der Waals surface area (Å²) in [5.74, 6) is -1.38. The summed E-state index contributed by atoms with van der Waals surface area (Å²) in [6.07, 6.45) is 0.364. The Morgan fingerprint density at radius 1 is 1.28 bits per heavy atom. The highest BCUT2D eigenvalue weighted by molar-refractivity contribution is 7.91. The SMILES string of the molecule is CC(C)CN(C(=O)COC(=O)c1cc2ccccc2oc1=O)[C@H]1CCS(=O)(=O)C1. The van der Waals surface area contributed by atoms with Crippen molar-refractivity contribution in [1.29, 1.82) is 0 Å². The van der Waals surface area contributed by atoms with Crippen LogP contribution in [0.2, 0.25) is 0 Å². The smallest absolute Gasteiger partial charge is 0.351 e. The molecule has 0 radical (unpaired) electrons. The van der Waals surface area contributed by atoms with Crippen LogP contribution in [0.15, 0.2) is 39.5 Å². The molecule has 1 aliphatic rings. The Kier molecular flexibility index (Phi) is 6.07. The van der Waals surface area contributed by atoms with Crippen molar-refractivity contribution < 1.29 is 27.2 Å². The molecule has 1 saturated heterocycles. The van der Waals surface area contributed by atoms with Crippen molar-refractivity contribution in [2.75, 3.05) is 24.7 Å². The van der Waals surface area contributed by atoms with Crippen molar-refractivity contribution in [1.82, 2.24) is 4.90 Å². The third-order valence-electron chi connectivity index (χ3n) is 4.72. The van der Waals surface area contributed by atoms with E-state index >= 15 is 0 Å². The number of carbonyl (C=O) groups excluding carboxylic acids is 2. The van der Waals surface area contributed by atoms with Crippen LogP contribution < -0.4 is 5.63 Å². The van der Waals surface area contributed by atoms with Crippen molar-refractivity contribution in [2.24, 2.45) is 5.92 Å². The summed E-state index contributed by atoms with van der Waals surface area (Å²) in [5.41, 5.74) is -0.798. The summed E-state index contributed by atoms with van der Waals surface area (Å²) in [4.78, 5) is 38.5. The second-order valence-corrected chi connectivity index (χ2v) is 9.79. The van der Waals surface area contributed by atoms with Crippen LogP contribution in [0.4, 0.5) is 0 Å². The predicted octanol–water partition coefficient (Wildman–Crippen LogP) is 1.62. The van der Waals surface area contributed by atoms with Gasteiger partial charge in [-0.25, -0.2) is 18.0 Å². The van der Waals surface area contributed by atoms with Crippen molar-refractivity contribution in [3.05, 3.63) is 46.3 Å². The summed E-state index contributed by atoms with van der Waals surface area (Å²) >= 11 is 0. The Labute approximate surface area is 168 Å². The summed E-state index contributed by atoms with van der Waals surface area (Å²) < 4.78 is 33.7. The van der Waals surface area contributed by atoms with Crippen molar-refractivity contribution in [2.45, 2.75) is 26.3 Å². The van der Waals surface area contributed by atoms with E-state index in [-0.39, 0.29) is 23.0 Å². The van der Waals surface area contributed by atoms with E-state index < -0.39 is 40.0 Å². The zero-order chi connectivity index (χ0) is 21.2. The van der Waals surface area contributed by atoms with E-state index in [0.717, 1.165) is 0 Å². The lowest BCUT2D eigenvalue weighted by molar-refractivity contribution is -0.137. The largest absolute Gasteiger partial charge is 0.452 e. The highest BCUT2D eigenvalue weighted by Crippen LogP contribution is 2.19. The Balaban J connectivity index is 1.71. The lowest BCUT2D eigenvalue weighted by Gasteiger charge is -2.29. The van der Waals surface area contributed by atoms with Gasteiger partial charge in [0.1, 0.15) is 11.1 Å². The lowest BCUT2D eigenvalue weighted by Crippen LogP contribution is -2.45. The number of esters is 1. The first-order valence-electron chi connectivity index (χ1n) is 9.36. The van der Waals surface area contributed by atoms with Crippen LogP contribution >= 0.6 is 0 Å². The van der Waals surface area contributed by atoms with Crippen molar-refractivity contribution in [3.63, 3.8) is 0 Å². The van der Waals surface area contributed by atoms with Gasteiger partial charge in [-0.3, -0.25) is 4.79 Å². The van der Waals surface area contributed by atoms with Crippen LogP contribution in [0.5, 0.6) is 0 Å². The quantitative estimate of drug-likeness (QED) is 0.515. The minimum Gasteiger partial charge on any atom is -0.452 e. The Morgan fingerprint density at radius 3 is 2.66 bits per heavy atom. The number of fused-ring (bicyclic) bond motifs is 1. The van der Waals surface area contributed by atoms with E-state index in [1.807, 2.05) is 13.8 Å². The summed E-state index contributed by atoms with van der Waals surface area (Å²) in [7, 11) is -3.17. The molecule has 1 aliphatic heterocycles. The number of carbonyl (C=O) groups is 2. The number of ether oxygens (including phenoxy) is 1. The van der Waals surface area contributed by atoms with Gasteiger partial charge in [0.2, 0.25) is 0 Å². The lowest BCUT2D eigenvalue weighted by atomic mass is 10.1. The fraction of sp³-hybridized carbons (Fsp3) is 0.450. The number of hydrogen-bond acceptors (Lipinski definition) is 7. The first-order valence-corrected chi connectivity index (χ1v) is 11.2. The number of para-hydroxylation sites is 1. The van der Waals surface area contributed by atoms with E-state index in [1.165, 1.54) is 11.0 Å². The zero-order valence-corrected chi connectivity index (χ0v) is 17.1. The molecule has 3 rings (SSSR count). The second-order valence-electron chi connectivity index (χ2n) is 7.56. The van der Waals surface area contributed by atoms with Crippen LogP contribution in [0.25, 0.3) is 11.0 Å². The van der Waals surface area contributed by atoms with Crippen LogP contribution in [-0.4, -0.2) is 55.9 Å². The molecular weight excluding hydrogens is 398 g/mol. The molecular formula is C20H23NO7S. The van der Waals surface area contributed by atoms with E-state index in [9.17, 15) is 22.8 Å². The standard InChI is InChI=1S/C20H23NO7S/c1-13(2)10-21(15-7-8-29(25,26)12-15)18(22)11-27-19(23)16-9-14-5-3-4-6-17(14)28-20(16)24/h3-6,9,13,15H,7-8,10-12H2,1-2H3/t15-/m0/s1. The predicted molar refractivity (Wildman–Crippen MR) is 106 cm³/mol. The van der Waals surface area contributed by atoms with Crippen LogP contribution in [0.1, 0.15) is 30.6 Å². The molecule has 156 valence electrons. The Hall–Kier alpha value is -2.68. The van der Waals surface area contributed by atoms with Gasteiger partial charge in [-0.2, -0.15) is 0 Å². The minimum absolute atomic E-state index is 0.0392. The number of sulfone groups is 1.